The first-order valence-electron chi connectivity index (χ1n) is 6.70. The van der Waals surface area contributed by atoms with Crippen molar-refractivity contribution in [1.82, 2.24) is 9.55 Å². The highest BCUT2D eigenvalue weighted by Crippen LogP contribution is 2.30. The van der Waals surface area contributed by atoms with Crippen LogP contribution in [0.2, 0.25) is 0 Å². The van der Waals surface area contributed by atoms with Crippen LogP contribution >= 0.6 is 0 Å². The van der Waals surface area contributed by atoms with E-state index in [0.717, 1.165) is 12.4 Å². The van der Waals surface area contributed by atoms with Crippen LogP contribution in [0.4, 0.5) is 5.82 Å². The van der Waals surface area contributed by atoms with Crippen molar-refractivity contribution in [3.05, 3.63) is 11.5 Å². The maximum absolute atomic E-state index is 11.8. The fourth-order valence-corrected chi connectivity index (χ4v) is 1.72. The van der Waals surface area contributed by atoms with Gasteiger partial charge in [0.05, 0.1) is 6.61 Å². The molecule has 0 aliphatic rings. The maximum Gasteiger partial charge on any atom is 0.360 e. The van der Waals surface area contributed by atoms with Crippen LogP contribution in [0, 0.1) is 18.3 Å². The second-order valence-electron chi connectivity index (χ2n) is 5.84. The van der Waals surface area contributed by atoms with E-state index >= 15 is 0 Å². The summed E-state index contributed by atoms with van der Waals surface area (Å²) in [7, 11) is 0. The molecule has 0 amide bonds. The molecule has 19 heavy (non-hydrogen) atoms. The average Bonchev–Trinajstić information content (AvgIpc) is 2.57. The van der Waals surface area contributed by atoms with Crippen LogP contribution in [-0.2, 0) is 11.3 Å². The van der Waals surface area contributed by atoms with Crippen molar-refractivity contribution in [2.45, 2.75) is 48.1 Å². The Kier molecular flexibility index (Phi) is 4.61. The zero-order chi connectivity index (χ0) is 14.8. The molecule has 0 saturated carbocycles. The third kappa shape index (κ3) is 3.28. The highest BCUT2D eigenvalue weighted by Gasteiger charge is 2.27. The van der Waals surface area contributed by atoms with E-state index in [-0.39, 0.29) is 11.1 Å². The van der Waals surface area contributed by atoms with Gasteiger partial charge in [-0.1, -0.05) is 27.7 Å². The molecule has 1 rings (SSSR count). The third-order valence-electron chi connectivity index (χ3n) is 3.80. The molecular weight excluding hydrogens is 242 g/mol. The lowest BCUT2D eigenvalue weighted by Crippen LogP contribution is -2.27. The lowest BCUT2D eigenvalue weighted by Gasteiger charge is -2.30. The molecule has 0 saturated heterocycles. The number of aromatic nitrogens is 2. The van der Waals surface area contributed by atoms with Crippen molar-refractivity contribution < 1.29 is 9.53 Å². The van der Waals surface area contributed by atoms with Crippen LogP contribution in [0.3, 0.4) is 0 Å². The van der Waals surface area contributed by atoms with Gasteiger partial charge in [0, 0.05) is 6.54 Å². The van der Waals surface area contributed by atoms with Gasteiger partial charge in [-0.2, -0.15) is 0 Å². The number of imidazole rings is 1. The van der Waals surface area contributed by atoms with E-state index in [0.29, 0.717) is 18.3 Å². The third-order valence-corrected chi connectivity index (χ3v) is 3.80. The van der Waals surface area contributed by atoms with E-state index < -0.39 is 5.97 Å². The van der Waals surface area contributed by atoms with Gasteiger partial charge in [-0.15, -0.1) is 0 Å². The van der Waals surface area contributed by atoms with E-state index in [1.165, 1.54) is 0 Å². The zero-order valence-corrected chi connectivity index (χ0v) is 12.8. The fourth-order valence-electron chi connectivity index (χ4n) is 1.72. The molecule has 5 nitrogen and oxygen atoms in total. The van der Waals surface area contributed by atoms with Crippen molar-refractivity contribution >= 4 is 11.8 Å². The van der Waals surface area contributed by atoms with Crippen LogP contribution in [0.15, 0.2) is 0 Å². The molecule has 1 heterocycles. The number of aryl methyl sites for hydroxylation is 1. The summed E-state index contributed by atoms with van der Waals surface area (Å²) in [5, 5.41) is 0. The highest BCUT2D eigenvalue weighted by molar-refractivity contribution is 5.92. The standard InChI is InChI=1S/C14H25N3O2/c1-7-19-13(18)11-12(15)17(10(4)16-11)8-14(5,6)9(2)3/h9H,7-8,15H2,1-6H3. The quantitative estimate of drug-likeness (QED) is 0.833. The first-order chi connectivity index (χ1) is 8.70. The van der Waals surface area contributed by atoms with E-state index in [1.807, 2.05) is 11.5 Å². The highest BCUT2D eigenvalue weighted by atomic mass is 16.5. The summed E-state index contributed by atoms with van der Waals surface area (Å²) < 4.78 is 6.85. The molecule has 0 unspecified atom stereocenters. The largest absolute Gasteiger partial charge is 0.461 e. The first-order valence-corrected chi connectivity index (χ1v) is 6.70. The number of esters is 1. The minimum absolute atomic E-state index is 0.0749. The van der Waals surface area contributed by atoms with E-state index in [4.69, 9.17) is 10.5 Å². The Labute approximate surface area is 115 Å². The summed E-state index contributed by atoms with van der Waals surface area (Å²) in [6.45, 7) is 13.4. The summed E-state index contributed by atoms with van der Waals surface area (Å²) in [5.74, 6) is 1.18. The van der Waals surface area contributed by atoms with E-state index in [9.17, 15) is 4.79 Å². The number of nitrogens with zero attached hydrogens (tertiary/aromatic N) is 2. The van der Waals surface area contributed by atoms with Gasteiger partial charge in [-0.3, -0.25) is 0 Å². The Morgan fingerprint density at radius 3 is 2.53 bits per heavy atom. The topological polar surface area (TPSA) is 70.1 Å². The van der Waals surface area contributed by atoms with Crippen LogP contribution in [-0.4, -0.2) is 22.1 Å². The number of carbonyl (C=O) groups is 1. The monoisotopic (exact) mass is 267 g/mol. The predicted octanol–water partition coefficient (Wildman–Crippen LogP) is 2.63. The van der Waals surface area contributed by atoms with Crippen LogP contribution in [0.25, 0.3) is 0 Å². The molecule has 0 aliphatic heterocycles. The fraction of sp³-hybridized carbons (Fsp3) is 0.714. The number of rotatable bonds is 5. The summed E-state index contributed by atoms with van der Waals surface area (Å²) in [6.07, 6.45) is 0. The van der Waals surface area contributed by atoms with Crippen molar-refractivity contribution in [3.63, 3.8) is 0 Å². The Balaban J connectivity index is 3.07. The molecular formula is C14H25N3O2. The number of ether oxygens (including phenoxy) is 1. The number of anilines is 1. The van der Waals surface area contributed by atoms with Gasteiger partial charge in [-0.25, -0.2) is 9.78 Å². The second kappa shape index (κ2) is 5.63. The Bertz CT molecular complexity index is 462. The van der Waals surface area contributed by atoms with Gasteiger partial charge in [-0.05, 0) is 25.2 Å². The molecule has 2 N–H and O–H groups in total. The number of hydrogen-bond donors (Lipinski definition) is 1. The lowest BCUT2D eigenvalue weighted by atomic mass is 9.81. The Hall–Kier alpha value is -1.52. The molecule has 108 valence electrons. The molecule has 0 bridgehead atoms. The lowest BCUT2D eigenvalue weighted by molar-refractivity contribution is 0.0521. The molecule has 1 aromatic heterocycles. The zero-order valence-electron chi connectivity index (χ0n) is 12.8. The van der Waals surface area contributed by atoms with Gasteiger partial charge in [0.25, 0.3) is 0 Å². The molecule has 1 aromatic rings. The molecule has 0 aromatic carbocycles. The molecule has 0 spiro atoms. The molecule has 0 radical (unpaired) electrons. The number of hydrogen-bond acceptors (Lipinski definition) is 4. The predicted molar refractivity (Wildman–Crippen MR) is 76.0 cm³/mol. The number of nitrogen functional groups attached to an aromatic ring is 1. The van der Waals surface area contributed by atoms with Crippen molar-refractivity contribution in [2.24, 2.45) is 11.3 Å². The summed E-state index contributed by atoms with van der Waals surface area (Å²) in [4.78, 5) is 16.0. The Morgan fingerprint density at radius 2 is 2.05 bits per heavy atom. The second-order valence-corrected chi connectivity index (χ2v) is 5.84. The average molecular weight is 267 g/mol. The SMILES string of the molecule is CCOC(=O)c1nc(C)n(CC(C)(C)C(C)C)c1N. The molecule has 5 heteroatoms. The van der Waals surface area contributed by atoms with Gasteiger partial charge in [0.15, 0.2) is 5.69 Å². The van der Waals surface area contributed by atoms with Crippen LogP contribution < -0.4 is 5.73 Å². The van der Waals surface area contributed by atoms with Gasteiger partial charge in [0.2, 0.25) is 0 Å². The van der Waals surface area contributed by atoms with E-state index in [1.54, 1.807) is 6.92 Å². The van der Waals surface area contributed by atoms with Gasteiger partial charge >= 0.3 is 5.97 Å². The van der Waals surface area contributed by atoms with Crippen molar-refractivity contribution in [3.8, 4) is 0 Å². The molecule has 0 atom stereocenters. The van der Waals surface area contributed by atoms with E-state index in [2.05, 4.69) is 32.7 Å². The number of nitrogens with two attached hydrogens (primary N) is 1. The minimum Gasteiger partial charge on any atom is -0.461 e. The van der Waals surface area contributed by atoms with Gasteiger partial charge in [0.1, 0.15) is 11.6 Å². The summed E-state index contributed by atoms with van der Waals surface area (Å²) in [6, 6.07) is 0. The summed E-state index contributed by atoms with van der Waals surface area (Å²) >= 11 is 0. The first kappa shape index (κ1) is 15.5. The number of carbonyl (C=O) groups excluding carboxylic acids is 1. The smallest absolute Gasteiger partial charge is 0.360 e. The summed E-state index contributed by atoms with van der Waals surface area (Å²) in [5.41, 5.74) is 6.34. The Morgan fingerprint density at radius 1 is 1.47 bits per heavy atom. The van der Waals surface area contributed by atoms with Crippen LogP contribution in [0.5, 0.6) is 0 Å². The van der Waals surface area contributed by atoms with Crippen LogP contribution in [0.1, 0.15) is 50.9 Å². The molecule has 0 aliphatic carbocycles. The molecule has 0 fully saturated rings. The maximum atomic E-state index is 11.8. The normalized spacial score (nSPS) is 11.9. The minimum atomic E-state index is -0.454. The van der Waals surface area contributed by atoms with Gasteiger partial charge < -0.3 is 15.0 Å². The van der Waals surface area contributed by atoms with Crippen molar-refractivity contribution in [2.75, 3.05) is 12.3 Å². The van der Waals surface area contributed by atoms with Crippen molar-refractivity contribution in [1.29, 1.82) is 0 Å².